The molecule has 0 aromatic heterocycles. The van der Waals surface area contributed by atoms with E-state index in [2.05, 4.69) is 5.32 Å². The van der Waals surface area contributed by atoms with Crippen molar-refractivity contribution in [3.05, 3.63) is 34.9 Å². The highest BCUT2D eigenvalue weighted by Crippen LogP contribution is 2.15. The zero-order valence-corrected chi connectivity index (χ0v) is 12.3. The van der Waals surface area contributed by atoms with Crippen LogP contribution in [0.4, 0.5) is 0 Å². The summed E-state index contributed by atoms with van der Waals surface area (Å²) in [5.74, 6) is -1.27. The number of hydrogen-bond acceptors (Lipinski definition) is 3. The summed E-state index contributed by atoms with van der Waals surface area (Å²) in [6.45, 7) is 5.60. The lowest BCUT2D eigenvalue weighted by molar-refractivity contribution is -0.139. The van der Waals surface area contributed by atoms with Crippen LogP contribution in [0.15, 0.2) is 18.2 Å². The van der Waals surface area contributed by atoms with E-state index in [1.54, 1.807) is 13.0 Å². The van der Waals surface area contributed by atoms with E-state index in [9.17, 15) is 9.59 Å². The molecule has 1 unspecified atom stereocenters. The van der Waals surface area contributed by atoms with Gasteiger partial charge in [0.25, 0.3) is 5.91 Å². The van der Waals surface area contributed by atoms with E-state index in [1.807, 2.05) is 26.0 Å². The second-order valence-corrected chi connectivity index (χ2v) is 5.34. The van der Waals surface area contributed by atoms with Crippen molar-refractivity contribution in [2.24, 2.45) is 0 Å². The molecule has 1 aromatic carbocycles. The first-order chi connectivity index (χ1) is 9.27. The van der Waals surface area contributed by atoms with E-state index in [1.165, 1.54) is 7.11 Å². The maximum absolute atomic E-state index is 12.3. The fourth-order valence-electron chi connectivity index (χ4n) is 2.19. The maximum Gasteiger partial charge on any atom is 0.305 e. The normalized spacial score (nSPS) is 13.6. The van der Waals surface area contributed by atoms with Crippen LogP contribution < -0.4 is 5.32 Å². The number of ether oxygens (including phenoxy) is 1. The number of amides is 1. The average molecular weight is 279 g/mol. The summed E-state index contributed by atoms with van der Waals surface area (Å²) in [6.07, 6.45) is -0.197. The molecule has 0 aliphatic heterocycles. The maximum atomic E-state index is 12.3. The number of carboxylic acid groups (broad SMARTS) is 1. The predicted molar refractivity (Wildman–Crippen MR) is 75.9 cm³/mol. The Kier molecular flexibility index (Phi) is 5.27. The molecule has 0 spiro atoms. The second kappa shape index (κ2) is 6.52. The van der Waals surface area contributed by atoms with E-state index >= 15 is 0 Å². The lowest BCUT2D eigenvalue weighted by Gasteiger charge is -2.28. The Morgan fingerprint density at radius 1 is 1.35 bits per heavy atom. The lowest BCUT2D eigenvalue weighted by atomic mass is 9.97. The summed E-state index contributed by atoms with van der Waals surface area (Å²) in [6, 6.07) is 5.51. The molecule has 0 bridgehead atoms. The first-order valence-electron chi connectivity index (χ1n) is 6.38. The minimum Gasteiger partial charge on any atom is -0.481 e. The van der Waals surface area contributed by atoms with Gasteiger partial charge in [0, 0.05) is 12.7 Å². The first kappa shape index (κ1) is 16.2. The van der Waals surface area contributed by atoms with Gasteiger partial charge in [-0.1, -0.05) is 17.7 Å². The SMILES string of the molecule is COCC(C)(CC(=O)O)NC(=O)c1ccc(C)cc1C. The lowest BCUT2D eigenvalue weighted by Crippen LogP contribution is -2.50. The zero-order valence-electron chi connectivity index (χ0n) is 12.3. The summed E-state index contributed by atoms with van der Waals surface area (Å²) in [4.78, 5) is 23.2. The van der Waals surface area contributed by atoms with E-state index in [0.29, 0.717) is 5.56 Å². The molecule has 0 saturated heterocycles. The summed E-state index contributed by atoms with van der Waals surface area (Å²) >= 11 is 0. The van der Waals surface area contributed by atoms with E-state index in [0.717, 1.165) is 11.1 Å². The topological polar surface area (TPSA) is 75.6 Å². The molecular formula is C15H21NO4. The van der Waals surface area contributed by atoms with Gasteiger partial charge in [-0.2, -0.15) is 0 Å². The predicted octanol–water partition coefficient (Wildman–Crippen LogP) is 1.91. The van der Waals surface area contributed by atoms with Crippen LogP contribution in [0.25, 0.3) is 0 Å². The Labute approximate surface area is 118 Å². The molecule has 2 N–H and O–H groups in total. The number of aliphatic carboxylic acids is 1. The molecule has 0 aliphatic carbocycles. The van der Waals surface area contributed by atoms with Crippen LogP contribution in [0.2, 0.25) is 0 Å². The molecule has 1 aromatic rings. The van der Waals surface area contributed by atoms with Crippen molar-refractivity contribution in [3.8, 4) is 0 Å². The minimum atomic E-state index is -0.981. The Bertz CT molecular complexity index is 513. The van der Waals surface area contributed by atoms with Gasteiger partial charge in [0.2, 0.25) is 0 Å². The number of carbonyl (C=O) groups is 2. The largest absolute Gasteiger partial charge is 0.481 e. The van der Waals surface area contributed by atoms with Gasteiger partial charge in [-0.15, -0.1) is 0 Å². The third kappa shape index (κ3) is 4.35. The highest BCUT2D eigenvalue weighted by molar-refractivity contribution is 5.96. The summed E-state index contributed by atoms with van der Waals surface area (Å²) in [5.41, 5.74) is 1.54. The van der Waals surface area contributed by atoms with Gasteiger partial charge in [-0.3, -0.25) is 9.59 Å². The molecule has 1 amide bonds. The number of aryl methyl sites for hydroxylation is 2. The van der Waals surface area contributed by atoms with Crippen LogP contribution in [0.1, 0.15) is 34.8 Å². The number of carboxylic acids is 1. The van der Waals surface area contributed by atoms with Crippen molar-refractivity contribution < 1.29 is 19.4 Å². The van der Waals surface area contributed by atoms with Crippen LogP contribution >= 0.6 is 0 Å². The van der Waals surface area contributed by atoms with Crippen molar-refractivity contribution in [2.75, 3.05) is 13.7 Å². The number of rotatable bonds is 6. The Hall–Kier alpha value is -1.88. The van der Waals surface area contributed by atoms with Crippen LogP contribution in [0.3, 0.4) is 0 Å². The van der Waals surface area contributed by atoms with Crippen molar-refractivity contribution in [1.29, 1.82) is 0 Å². The van der Waals surface area contributed by atoms with E-state index in [4.69, 9.17) is 9.84 Å². The fraction of sp³-hybridized carbons (Fsp3) is 0.467. The highest BCUT2D eigenvalue weighted by atomic mass is 16.5. The highest BCUT2D eigenvalue weighted by Gasteiger charge is 2.30. The van der Waals surface area contributed by atoms with Gasteiger partial charge in [0.15, 0.2) is 0 Å². The molecule has 0 saturated carbocycles. The third-order valence-corrected chi connectivity index (χ3v) is 3.05. The number of benzene rings is 1. The van der Waals surface area contributed by atoms with Crippen LogP contribution in [0.5, 0.6) is 0 Å². The molecule has 20 heavy (non-hydrogen) atoms. The van der Waals surface area contributed by atoms with Gasteiger partial charge in [-0.25, -0.2) is 0 Å². The molecule has 110 valence electrons. The number of nitrogens with one attached hydrogen (secondary N) is 1. The van der Waals surface area contributed by atoms with Crippen LogP contribution in [-0.2, 0) is 9.53 Å². The number of carbonyl (C=O) groups excluding carboxylic acids is 1. The third-order valence-electron chi connectivity index (χ3n) is 3.05. The van der Waals surface area contributed by atoms with Crippen molar-refractivity contribution in [3.63, 3.8) is 0 Å². The van der Waals surface area contributed by atoms with Crippen molar-refractivity contribution in [2.45, 2.75) is 32.7 Å². The molecule has 5 nitrogen and oxygen atoms in total. The van der Waals surface area contributed by atoms with Crippen LogP contribution in [0, 0.1) is 13.8 Å². The monoisotopic (exact) mass is 279 g/mol. The molecule has 0 fully saturated rings. The molecule has 1 atom stereocenters. The number of methoxy groups -OCH3 is 1. The smallest absolute Gasteiger partial charge is 0.305 e. The van der Waals surface area contributed by atoms with Gasteiger partial charge < -0.3 is 15.2 Å². The van der Waals surface area contributed by atoms with Crippen LogP contribution in [-0.4, -0.2) is 36.2 Å². The van der Waals surface area contributed by atoms with Gasteiger partial charge in [-0.05, 0) is 32.4 Å². The average Bonchev–Trinajstić information content (AvgIpc) is 2.26. The molecular weight excluding hydrogens is 258 g/mol. The fourth-order valence-corrected chi connectivity index (χ4v) is 2.19. The summed E-state index contributed by atoms with van der Waals surface area (Å²) in [5, 5.41) is 11.7. The standard InChI is InChI=1S/C15H21NO4/c1-10-5-6-12(11(2)7-10)14(19)16-15(3,9-20-4)8-13(17)18/h5-7H,8-9H2,1-4H3,(H,16,19)(H,17,18). The molecule has 0 heterocycles. The van der Waals surface area contributed by atoms with Crippen molar-refractivity contribution in [1.82, 2.24) is 5.32 Å². The quantitative estimate of drug-likeness (QED) is 0.834. The van der Waals surface area contributed by atoms with Gasteiger partial charge >= 0.3 is 5.97 Å². The Morgan fingerprint density at radius 2 is 2.00 bits per heavy atom. The van der Waals surface area contributed by atoms with Gasteiger partial charge in [0.1, 0.15) is 0 Å². The Morgan fingerprint density at radius 3 is 2.50 bits per heavy atom. The molecule has 1 rings (SSSR count). The molecule has 5 heteroatoms. The van der Waals surface area contributed by atoms with Crippen molar-refractivity contribution >= 4 is 11.9 Å². The zero-order chi connectivity index (χ0) is 15.3. The Balaban J connectivity index is 2.93. The summed E-state index contributed by atoms with van der Waals surface area (Å²) < 4.78 is 5.02. The summed E-state index contributed by atoms with van der Waals surface area (Å²) in [7, 11) is 1.48. The molecule has 0 radical (unpaired) electrons. The van der Waals surface area contributed by atoms with E-state index in [-0.39, 0.29) is 18.9 Å². The van der Waals surface area contributed by atoms with Gasteiger partial charge in [0.05, 0.1) is 18.6 Å². The first-order valence-corrected chi connectivity index (χ1v) is 6.38. The minimum absolute atomic E-state index is 0.135. The molecule has 0 aliphatic rings. The number of hydrogen-bond donors (Lipinski definition) is 2. The second-order valence-electron chi connectivity index (χ2n) is 5.34. The van der Waals surface area contributed by atoms with E-state index < -0.39 is 11.5 Å².